The molecule has 0 bridgehead atoms. The van der Waals surface area contributed by atoms with Gasteiger partial charge >= 0.3 is 0 Å². The summed E-state index contributed by atoms with van der Waals surface area (Å²) in [5.41, 5.74) is 4.95. The van der Waals surface area contributed by atoms with E-state index in [1.54, 1.807) is 0 Å². The van der Waals surface area contributed by atoms with Crippen molar-refractivity contribution in [3.05, 3.63) is 90.0 Å². The molecule has 0 aliphatic carbocycles. The van der Waals surface area contributed by atoms with E-state index in [0.29, 0.717) is 12.3 Å². The van der Waals surface area contributed by atoms with Gasteiger partial charge in [-0.3, -0.25) is 4.79 Å². The minimum atomic E-state index is -0.119. The van der Waals surface area contributed by atoms with Crippen molar-refractivity contribution in [3.63, 3.8) is 0 Å². The van der Waals surface area contributed by atoms with Crippen molar-refractivity contribution in [2.75, 3.05) is 43.6 Å². The molecule has 0 spiro atoms. The molecule has 0 saturated heterocycles. The van der Waals surface area contributed by atoms with Gasteiger partial charge in [0.15, 0.2) is 6.61 Å². The summed E-state index contributed by atoms with van der Waals surface area (Å²) in [5, 5.41) is 3.08. The molecule has 5 nitrogen and oxygen atoms in total. The van der Waals surface area contributed by atoms with Crippen molar-refractivity contribution in [3.8, 4) is 5.75 Å². The summed E-state index contributed by atoms with van der Waals surface area (Å²) >= 11 is 0. The lowest BCUT2D eigenvalue weighted by Crippen LogP contribution is -2.39. The number of benzene rings is 3. The Morgan fingerprint density at radius 3 is 2.45 bits per heavy atom. The van der Waals surface area contributed by atoms with Crippen molar-refractivity contribution >= 4 is 17.3 Å². The highest BCUT2D eigenvalue weighted by atomic mass is 16.5. The van der Waals surface area contributed by atoms with E-state index in [1.807, 2.05) is 44.4 Å². The zero-order valence-corrected chi connectivity index (χ0v) is 18.1. The number of ether oxygens (including phenoxy) is 1. The maximum Gasteiger partial charge on any atom is 0.258 e. The number of amides is 1. The second-order valence-electron chi connectivity index (χ2n) is 7.98. The van der Waals surface area contributed by atoms with Crippen molar-refractivity contribution < 1.29 is 9.53 Å². The molecule has 1 amide bonds. The van der Waals surface area contributed by atoms with Gasteiger partial charge in [0, 0.05) is 38.6 Å². The Bertz CT molecular complexity index is 1000. The summed E-state index contributed by atoms with van der Waals surface area (Å²) in [5.74, 6) is 0.577. The van der Waals surface area contributed by atoms with E-state index in [2.05, 4.69) is 63.6 Å². The van der Waals surface area contributed by atoms with Crippen molar-refractivity contribution in [1.29, 1.82) is 0 Å². The molecule has 1 aliphatic heterocycles. The lowest BCUT2D eigenvalue weighted by molar-refractivity contribution is -0.123. The van der Waals surface area contributed by atoms with Crippen LogP contribution in [-0.4, -0.2) is 39.7 Å². The predicted octanol–water partition coefficient (Wildman–Crippen LogP) is 4.05. The third-order valence-corrected chi connectivity index (χ3v) is 5.70. The van der Waals surface area contributed by atoms with E-state index < -0.39 is 0 Å². The normalized spacial score (nSPS) is 13.4. The summed E-state index contributed by atoms with van der Waals surface area (Å²) in [6.45, 7) is 1.47. The van der Waals surface area contributed by atoms with E-state index in [0.717, 1.165) is 18.7 Å². The van der Waals surface area contributed by atoms with E-state index in [-0.39, 0.29) is 18.6 Å². The standard InChI is InChI=1S/C26H29N3O2/c1-28(2)22-14-12-21(13-15-22)25(29-17-16-20-8-6-7-11-24(20)29)18-27-26(30)19-31-23-9-4-3-5-10-23/h3-15,25H,16-19H2,1-2H3,(H,27,30)/t25-/m0/s1. The van der Waals surface area contributed by atoms with E-state index in [1.165, 1.54) is 16.8 Å². The quantitative estimate of drug-likeness (QED) is 0.603. The number of carbonyl (C=O) groups is 1. The van der Waals surface area contributed by atoms with Crippen LogP contribution in [0.3, 0.4) is 0 Å². The molecule has 1 heterocycles. The first-order valence-corrected chi connectivity index (χ1v) is 10.7. The summed E-state index contributed by atoms with van der Waals surface area (Å²) in [7, 11) is 4.08. The summed E-state index contributed by atoms with van der Waals surface area (Å²) in [6, 6.07) is 26.6. The first kappa shape index (κ1) is 20.8. The Kier molecular flexibility index (Phi) is 6.41. The number of para-hydroxylation sites is 2. The number of nitrogens with one attached hydrogen (secondary N) is 1. The Labute approximate surface area is 184 Å². The van der Waals surface area contributed by atoms with E-state index in [9.17, 15) is 4.79 Å². The molecule has 1 aliphatic rings. The molecule has 3 aromatic rings. The van der Waals surface area contributed by atoms with Gasteiger partial charge in [-0.15, -0.1) is 0 Å². The van der Waals surface area contributed by atoms with E-state index in [4.69, 9.17) is 4.74 Å². The van der Waals surface area contributed by atoms with Gasteiger partial charge in [0.1, 0.15) is 5.75 Å². The van der Waals surface area contributed by atoms with Crippen LogP contribution in [0.5, 0.6) is 5.75 Å². The molecule has 0 unspecified atom stereocenters. The minimum Gasteiger partial charge on any atom is -0.484 e. The van der Waals surface area contributed by atoms with Crippen LogP contribution in [0, 0.1) is 0 Å². The van der Waals surface area contributed by atoms with Crippen molar-refractivity contribution in [2.24, 2.45) is 0 Å². The zero-order chi connectivity index (χ0) is 21.6. The van der Waals surface area contributed by atoms with Gasteiger partial charge in [0.2, 0.25) is 0 Å². The molecular weight excluding hydrogens is 386 g/mol. The molecule has 4 rings (SSSR count). The summed E-state index contributed by atoms with van der Waals surface area (Å²) < 4.78 is 5.60. The van der Waals surface area contributed by atoms with Crippen LogP contribution in [0.1, 0.15) is 17.2 Å². The van der Waals surface area contributed by atoms with Crippen LogP contribution in [-0.2, 0) is 11.2 Å². The monoisotopic (exact) mass is 415 g/mol. The molecule has 31 heavy (non-hydrogen) atoms. The third-order valence-electron chi connectivity index (χ3n) is 5.70. The number of rotatable bonds is 8. The van der Waals surface area contributed by atoms with Gasteiger partial charge in [-0.2, -0.15) is 0 Å². The highest BCUT2D eigenvalue weighted by molar-refractivity contribution is 5.77. The number of fused-ring (bicyclic) bond motifs is 1. The maximum absolute atomic E-state index is 12.5. The molecule has 0 aromatic heterocycles. The summed E-state index contributed by atoms with van der Waals surface area (Å²) in [6.07, 6.45) is 1.02. The molecule has 0 radical (unpaired) electrons. The maximum atomic E-state index is 12.5. The second-order valence-corrected chi connectivity index (χ2v) is 7.98. The fraction of sp³-hybridized carbons (Fsp3) is 0.269. The second kappa shape index (κ2) is 9.56. The van der Waals surface area contributed by atoms with Gasteiger partial charge in [-0.1, -0.05) is 48.5 Å². The lowest BCUT2D eigenvalue weighted by atomic mass is 10.0. The number of anilines is 2. The van der Waals surface area contributed by atoms with Crippen LogP contribution in [0.2, 0.25) is 0 Å². The number of nitrogens with zero attached hydrogens (tertiary/aromatic N) is 2. The number of carbonyl (C=O) groups excluding carboxylic acids is 1. The van der Waals surface area contributed by atoms with Gasteiger partial charge in [0.25, 0.3) is 5.91 Å². The van der Waals surface area contributed by atoms with Crippen LogP contribution < -0.4 is 19.9 Å². The predicted molar refractivity (Wildman–Crippen MR) is 126 cm³/mol. The molecule has 0 saturated carbocycles. The molecule has 1 N–H and O–H groups in total. The van der Waals surface area contributed by atoms with Crippen LogP contribution in [0.4, 0.5) is 11.4 Å². The number of hydrogen-bond acceptors (Lipinski definition) is 4. The van der Waals surface area contributed by atoms with Crippen LogP contribution in [0.15, 0.2) is 78.9 Å². The molecular formula is C26H29N3O2. The van der Waals surface area contributed by atoms with Crippen molar-refractivity contribution in [2.45, 2.75) is 12.5 Å². The summed E-state index contributed by atoms with van der Waals surface area (Å²) in [4.78, 5) is 17.0. The van der Waals surface area contributed by atoms with Gasteiger partial charge < -0.3 is 19.9 Å². The first-order valence-electron chi connectivity index (χ1n) is 10.7. The van der Waals surface area contributed by atoms with Crippen LogP contribution >= 0.6 is 0 Å². The molecule has 1 atom stereocenters. The average molecular weight is 416 g/mol. The van der Waals surface area contributed by atoms with Gasteiger partial charge in [0.05, 0.1) is 6.04 Å². The number of hydrogen-bond donors (Lipinski definition) is 1. The average Bonchev–Trinajstić information content (AvgIpc) is 3.23. The molecule has 3 aromatic carbocycles. The smallest absolute Gasteiger partial charge is 0.258 e. The van der Waals surface area contributed by atoms with Gasteiger partial charge in [-0.05, 0) is 47.9 Å². The molecule has 0 fully saturated rings. The fourth-order valence-corrected chi connectivity index (χ4v) is 4.02. The highest BCUT2D eigenvalue weighted by Gasteiger charge is 2.27. The topological polar surface area (TPSA) is 44.8 Å². The fourth-order valence-electron chi connectivity index (χ4n) is 4.02. The van der Waals surface area contributed by atoms with Crippen molar-refractivity contribution in [1.82, 2.24) is 5.32 Å². The largest absolute Gasteiger partial charge is 0.484 e. The first-order chi connectivity index (χ1) is 15.1. The Morgan fingerprint density at radius 1 is 1.00 bits per heavy atom. The Balaban J connectivity index is 1.48. The Hall–Kier alpha value is -3.47. The SMILES string of the molecule is CN(C)c1ccc([C@H](CNC(=O)COc2ccccc2)N2CCc3ccccc32)cc1. The third kappa shape index (κ3) is 5.00. The Morgan fingerprint density at radius 2 is 1.71 bits per heavy atom. The van der Waals surface area contributed by atoms with E-state index >= 15 is 0 Å². The zero-order valence-electron chi connectivity index (χ0n) is 18.1. The minimum absolute atomic E-state index is 0.00683. The molecule has 160 valence electrons. The van der Waals surface area contributed by atoms with Crippen LogP contribution in [0.25, 0.3) is 0 Å². The highest BCUT2D eigenvalue weighted by Crippen LogP contribution is 2.35. The molecule has 5 heteroatoms. The van der Waals surface area contributed by atoms with Gasteiger partial charge in [-0.25, -0.2) is 0 Å². The lowest BCUT2D eigenvalue weighted by Gasteiger charge is -2.31.